The SMILES string of the molecule is COc1ccc([C@@H](CNC(=O)C2C[C@H]3CCC[C@@H](C2)C32SCCS2)N2CCOCC2)cc1. The third kappa shape index (κ3) is 4.55. The molecule has 1 spiro atoms. The Bertz CT molecular complexity index is 762. The fourth-order valence-corrected chi connectivity index (χ4v) is 10.3. The lowest BCUT2D eigenvalue weighted by Crippen LogP contribution is -2.50. The Labute approximate surface area is 200 Å². The lowest BCUT2D eigenvalue weighted by molar-refractivity contribution is -0.128. The minimum Gasteiger partial charge on any atom is -0.497 e. The summed E-state index contributed by atoms with van der Waals surface area (Å²) in [7, 11) is 1.70. The molecule has 5 rings (SSSR count). The summed E-state index contributed by atoms with van der Waals surface area (Å²) in [4.78, 5) is 15.8. The van der Waals surface area contributed by atoms with Gasteiger partial charge in [-0.3, -0.25) is 9.69 Å². The van der Waals surface area contributed by atoms with Crippen molar-refractivity contribution in [1.29, 1.82) is 0 Å². The van der Waals surface area contributed by atoms with E-state index in [1.807, 2.05) is 12.1 Å². The first kappa shape index (κ1) is 22.9. The van der Waals surface area contributed by atoms with Crippen molar-refractivity contribution < 1.29 is 14.3 Å². The summed E-state index contributed by atoms with van der Waals surface area (Å²) in [6.45, 7) is 3.97. The van der Waals surface area contributed by atoms with Crippen molar-refractivity contribution in [3.8, 4) is 5.75 Å². The van der Waals surface area contributed by atoms with Crippen LogP contribution in [0.15, 0.2) is 24.3 Å². The molecule has 0 radical (unpaired) electrons. The van der Waals surface area contributed by atoms with Crippen molar-refractivity contribution >= 4 is 29.4 Å². The molecular formula is C25H36N2O3S2. The maximum atomic E-state index is 13.4. The van der Waals surface area contributed by atoms with Gasteiger partial charge >= 0.3 is 0 Å². The molecular weight excluding hydrogens is 440 g/mol. The average molecular weight is 477 g/mol. The van der Waals surface area contributed by atoms with Crippen LogP contribution in [-0.2, 0) is 9.53 Å². The summed E-state index contributed by atoms with van der Waals surface area (Å²) in [5.74, 6) is 5.31. The van der Waals surface area contributed by atoms with Crippen molar-refractivity contribution in [2.75, 3.05) is 51.5 Å². The van der Waals surface area contributed by atoms with Crippen LogP contribution in [0.5, 0.6) is 5.75 Å². The summed E-state index contributed by atoms with van der Waals surface area (Å²) < 4.78 is 11.3. The van der Waals surface area contributed by atoms with Crippen LogP contribution in [0.2, 0.25) is 0 Å². The lowest BCUT2D eigenvalue weighted by atomic mass is 9.67. The summed E-state index contributed by atoms with van der Waals surface area (Å²) in [5, 5.41) is 3.38. The van der Waals surface area contributed by atoms with Gasteiger partial charge in [0.05, 0.1) is 30.4 Å². The topological polar surface area (TPSA) is 50.8 Å². The van der Waals surface area contributed by atoms with Crippen molar-refractivity contribution in [2.24, 2.45) is 17.8 Å². The van der Waals surface area contributed by atoms with Crippen LogP contribution in [0, 0.1) is 17.8 Å². The molecule has 1 N–H and O–H groups in total. The normalized spacial score (nSPS) is 30.7. The molecule has 0 aromatic heterocycles. The Hall–Kier alpha value is -0.890. The van der Waals surface area contributed by atoms with Crippen LogP contribution in [0.4, 0.5) is 0 Å². The third-order valence-corrected chi connectivity index (χ3v) is 12.0. The zero-order valence-corrected chi connectivity index (χ0v) is 20.7. The van der Waals surface area contributed by atoms with E-state index in [4.69, 9.17) is 9.47 Å². The van der Waals surface area contributed by atoms with Gasteiger partial charge in [0.25, 0.3) is 0 Å². The molecule has 2 aliphatic carbocycles. The first-order valence-electron chi connectivity index (χ1n) is 12.2. The van der Waals surface area contributed by atoms with Crippen LogP contribution >= 0.6 is 23.5 Å². The van der Waals surface area contributed by atoms with Gasteiger partial charge in [-0.1, -0.05) is 18.6 Å². The molecule has 4 atom stereocenters. The third-order valence-electron chi connectivity index (χ3n) is 7.95. The van der Waals surface area contributed by atoms with E-state index in [9.17, 15) is 4.79 Å². The number of amides is 1. The highest BCUT2D eigenvalue weighted by molar-refractivity contribution is 8.21. The van der Waals surface area contributed by atoms with Gasteiger partial charge in [0.1, 0.15) is 5.75 Å². The van der Waals surface area contributed by atoms with Gasteiger partial charge in [-0.05, 0) is 55.2 Å². The van der Waals surface area contributed by atoms with E-state index in [-0.39, 0.29) is 17.9 Å². The number of hydrogen-bond acceptors (Lipinski definition) is 6. The predicted molar refractivity (Wildman–Crippen MR) is 132 cm³/mol. The van der Waals surface area contributed by atoms with Gasteiger partial charge in [0, 0.05) is 37.1 Å². The maximum Gasteiger partial charge on any atom is 0.223 e. The Morgan fingerprint density at radius 1 is 1.16 bits per heavy atom. The zero-order chi connectivity index (χ0) is 22.0. The fraction of sp³-hybridized carbons (Fsp3) is 0.720. The minimum absolute atomic E-state index is 0.170. The van der Waals surface area contributed by atoms with E-state index in [0.29, 0.717) is 22.5 Å². The molecule has 2 saturated carbocycles. The van der Waals surface area contributed by atoms with Gasteiger partial charge in [0.2, 0.25) is 5.91 Å². The fourth-order valence-electron chi connectivity index (χ4n) is 6.34. The molecule has 176 valence electrons. The number of nitrogens with one attached hydrogen (secondary N) is 1. The Balaban J connectivity index is 1.25. The number of nitrogens with zero attached hydrogens (tertiary/aromatic N) is 1. The molecule has 5 nitrogen and oxygen atoms in total. The van der Waals surface area contributed by atoms with E-state index in [0.717, 1.165) is 44.9 Å². The quantitative estimate of drug-likeness (QED) is 0.665. The number of hydrogen-bond donors (Lipinski definition) is 1. The van der Waals surface area contributed by atoms with Crippen molar-refractivity contribution in [2.45, 2.75) is 42.2 Å². The summed E-state index contributed by atoms with van der Waals surface area (Å²) in [5.41, 5.74) is 1.23. The van der Waals surface area contributed by atoms with Crippen molar-refractivity contribution in [3.05, 3.63) is 29.8 Å². The van der Waals surface area contributed by atoms with Crippen LogP contribution in [-0.4, -0.2) is 66.3 Å². The number of carbonyl (C=O) groups excluding carboxylic acids is 1. The smallest absolute Gasteiger partial charge is 0.223 e. The molecule has 1 aromatic rings. The molecule has 2 heterocycles. The van der Waals surface area contributed by atoms with Crippen molar-refractivity contribution in [3.63, 3.8) is 0 Å². The summed E-state index contributed by atoms with van der Waals surface area (Å²) in [6.07, 6.45) is 6.12. The monoisotopic (exact) mass is 476 g/mol. The molecule has 32 heavy (non-hydrogen) atoms. The van der Waals surface area contributed by atoms with Gasteiger partial charge in [-0.25, -0.2) is 0 Å². The molecule has 4 fully saturated rings. The highest BCUT2D eigenvalue weighted by Crippen LogP contribution is 2.64. The van der Waals surface area contributed by atoms with E-state index in [1.165, 1.54) is 36.3 Å². The predicted octanol–water partition coefficient (Wildman–Crippen LogP) is 4.19. The Morgan fingerprint density at radius 3 is 2.44 bits per heavy atom. The van der Waals surface area contributed by atoms with Crippen LogP contribution in [0.1, 0.15) is 43.7 Å². The van der Waals surface area contributed by atoms with Crippen LogP contribution in [0.25, 0.3) is 0 Å². The second kappa shape index (κ2) is 10.2. The van der Waals surface area contributed by atoms with Gasteiger partial charge in [-0.15, -0.1) is 23.5 Å². The van der Waals surface area contributed by atoms with Crippen LogP contribution in [0.3, 0.4) is 0 Å². The molecule has 1 aromatic carbocycles. The first-order chi connectivity index (χ1) is 15.7. The molecule has 2 saturated heterocycles. The maximum absolute atomic E-state index is 13.4. The lowest BCUT2D eigenvalue weighted by Gasteiger charge is -2.52. The molecule has 1 amide bonds. The van der Waals surface area contributed by atoms with E-state index >= 15 is 0 Å². The molecule has 2 bridgehead atoms. The first-order valence-corrected chi connectivity index (χ1v) is 14.2. The summed E-state index contributed by atoms with van der Waals surface area (Å²) >= 11 is 4.42. The number of benzene rings is 1. The van der Waals surface area contributed by atoms with E-state index < -0.39 is 0 Å². The van der Waals surface area contributed by atoms with Gasteiger partial charge in [-0.2, -0.15) is 0 Å². The molecule has 2 aliphatic heterocycles. The second-order valence-electron chi connectivity index (χ2n) is 9.59. The number of methoxy groups -OCH3 is 1. The van der Waals surface area contributed by atoms with Gasteiger partial charge in [0.15, 0.2) is 0 Å². The highest BCUT2D eigenvalue weighted by Gasteiger charge is 2.55. The molecule has 4 aliphatic rings. The highest BCUT2D eigenvalue weighted by atomic mass is 32.2. The van der Waals surface area contributed by atoms with Gasteiger partial charge < -0.3 is 14.8 Å². The Morgan fingerprint density at radius 2 is 1.81 bits per heavy atom. The standard InChI is InChI=1S/C25H36N2O3S2/c1-29-22-7-5-18(6-8-22)23(27-9-11-30-12-10-27)17-26-24(28)19-15-20-3-2-4-21(16-19)25(20)31-13-14-32-25/h5-8,19-21,23H,2-4,9-17H2,1H3,(H,26,28)/t19?,20-,21+,23-/m1/s1. The minimum atomic E-state index is 0.170. The van der Waals surface area contributed by atoms with E-state index in [2.05, 4.69) is 45.9 Å². The van der Waals surface area contributed by atoms with Crippen molar-refractivity contribution in [1.82, 2.24) is 10.2 Å². The number of rotatable bonds is 6. The van der Waals surface area contributed by atoms with E-state index in [1.54, 1.807) is 7.11 Å². The number of carbonyl (C=O) groups is 1. The largest absolute Gasteiger partial charge is 0.497 e. The second-order valence-corrected chi connectivity index (χ2v) is 12.6. The Kier molecular flexibility index (Phi) is 7.27. The average Bonchev–Trinajstić information content (AvgIpc) is 3.29. The number of morpholine rings is 1. The number of thioether (sulfide) groups is 2. The summed E-state index contributed by atoms with van der Waals surface area (Å²) in [6, 6.07) is 8.47. The number of ether oxygens (including phenoxy) is 2. The van der Waals surface area contributed by atoms with Crippen LogP contribution < -0.4 is 10.1 Å². The molecule has 7 heteroatoms. The molecule has 1 unspecified atom stereocenters. The zero-order valence-electron chi connectivity index (χ0n) is 19.1.